The first-order valence-corrected chi connectivity index (χ1v) is 7.63. The van der Waals surface area contributed by atoms with Gasteiger partial charge in [0.25, 0.3) is 5.91 Å². The van der Waals surface area contributed by atoms with E-state index >= 15 is 0 Å². The van der Waals surface area contributed by atoms with Gasteiger partial charge < -0.3 is 10.4 Å². The third kappa shape index (κ3) is 6.01. The smallest absolute Gasteiger partial charge is 0.251 e. The molecule has 1 unspecified atom stereocenters. The maximum absolute atomic E-state index is 12.3. The number of hydrogen-bond donors (Lipinski definition) is 2. The number of nitrogens with one attached hydrogen (secondary N) is 1. The molecule has 0 bridgehead atoms. The quantitative estimate of drug-likeness (QED) is 0.790. The molecule has 1 aromatic carbocycles. The van der Waals surface area contributed by atoms with Crippen LogP contribution in [0.2, 0.25) is 0 Å². The zero-order valence-corrected chi connectivity index (χ0v) is 13.2. The summed E-state index contributed by atoms with van der Waals surface area (Å²) in [6, 6.07) is 5.87. The molecule has 0 fully saturated rings. The predicted octanol–water partition coefficient (Wildman–Crippen LogP) is 3.04. The molecule has 1 rings (SSSR count). The molecule has 0 aromatic heterocycles. The number of amides is 1. The monoisotopic (exact) mass is 287 g/mol. The van der Waals surface area contributed by atoms with Gasteiger partial charge in [-0.05, 0) is 43.5 Å². The molecule has 0 spiro atoms. The minimum Gasteiger partial charge on any atom is -0.395 e. The van der Waals surface area contributed by atoms with Crippen molar-refractivity contribution in [3.05, 3.63) is 34.9 Å². The Hall–Kier alpha value is -1.79. The van der Waals surface area contributed by atoms with Crippen LogP contribution in [0.1, 0.15) is 61.0 Å². The van der Waals surface area contributed by atoms with Gasteiger partial charge in [-0.3, -0.25) is 4.79 Å². The van der Waals surface area contributed by atoms with Gasteiger partial charge in [-0.15, -0.1) is 0 Å². The molecule has 21 heavy (non-hydrogen) atoms. The summed E-state index contributed by atoms with van der Waals surface area (Å²) in [4.78, 5) is 12.3. The van der Waals surface area contributed by atoms with Gasteiger partial charge in [-0.2, -0.15) is 0 Å². The van der Waals surface area contributed by atoms with E-state index in [1.165, 1.54) is 0 Å². The van der Waals surface area contributed by atoms with Crippen LogP contribution in [0.15, 0.2) is 18.2 Å². The summed E-state index contributed by atoms with van der Waals surface area (Å²) >= 11 is 0. The first-order chi connectivity index (χ1) is 10.1. The van der Waals surface area contributed by atoms with Crippen molar-refractivity contribution in [3.63, 3.8) is 0 Å². The molecule has 0 radical (unpaired) electrons. The molecular weight excluding hydrogens is 262 g/mol. The van der Waals surface area contributed by atoms with Crippen molar-refractivity contribution in [2.45, 2.75) is 52.5 Å². The molecule has 0 aliphatic rings. The van der Waals surface area contributed by atoms with E-state index in [1.807, 2.05) is 25.1 Å². The Morgan fingerprint density at radius 2 is 2.10 bits per heavy atom. The molecule has 1 atom stereocenters. The largest absolute Gasteiger partial charge is 0.395 e. The second kappa shape index (κ2) is 9.20. The summed E-state index contributed by atoms with van der Waals surface area (Å²) in [5.74, 6) is 5.83. The molecule has 0 aliphatic heterocycles. The number of carbonyl (C=O) groups excluding carboxylic acids is 1. The van der Waals surface area contributed by atoms with Crippen LogP contribution in [0.3, 0.4) is 0 Å². The van der Waals surface area contributed by atoms with E-state index in [2.05, 4.69) is 31.0 Å². The van der Waals surface area contributed by atoms with Gasteiger partial charge in [0, 0.05) is 23.6 Å². The van der Waals surface area contributed by atoms with Gasteiger partial charge in [0.2, 0.25) is 0 Å². The van der Waals surface area contributed by atoms with E-state index in [0.717, 1.165) is 30.4 Å². The van der Waals surface area contributed by atoms with E-state index in [9.17, 15) is 4.79 Å². The van der Waals surface area contributed by atoms with E-state index in [0.29, 0.717) is 12.0 Å². The van der Waals surface area contributed by atoms with Gasteiger partial charge in [0.1, 0.15) is 0 Å². The molecule has 0 saturated heterocycles. The second-order valence-corrected chi connectivity index (χ2v) is 5.23. The van der Waals surface area contributed by atoms with E-state index < -0.39 is 0 Å². The number of hydrogen-bond acceptors (Lipinski definition) is 2. The molecule has 0 aliphatic carbocycles. The highest BCUT2D eigenvalue weighted by atomic mass is 16.2. The van der Waals surface area contributed by atoms with Gasteiger partial charge in [-0.25, -0.2) is 0 Å². The predicted molar refractivity (Wildman–Crippen MR) is 86.2 cm³/mol. The highest BCUT2D eigenvalue weighted by Crippen LogP contribution is 2.10. The molecule has 114 valence electrons. The topological polar surface area (TPSA) is 49.3 Å². The van der Waals surface area contributed by atoms with Gasteiger partial charge in [-0.1, -0.05) is 32.1 Å². The fourth-order valence-electron chi connectivity index (χ4n) is 2.20. The number of aliphatic hydroxyl groups excluding tert-OH is 1. The summed E-state index contributed by atoms with van der Waals surface area (Å²) in [6.07, 6.45) is 3.44. The standard InChI is InChI=1S/C18H25NO2/c1-4-8-17(5-2)19-18(21)16-12-14(3)11-15(13-16)9-6-7-10-20/h11-13,17,20H,4-5,7-8,10H2,1-3H3,(H,19,21). The van der Waals surface area contributed by atoms with E-state index in [4.69, 9.17) is 5.11 Å². The van der Waals surface area contributed by atoms with Crippen LogP contribution in [-0.2, 0) is 0 Å². The summed E-state index contributed by atoms with van der Waals surface area (Å²) in [5, 5.41) is 11.8. The lowest BCUT2D eigenvalue weighted by atomic mass is 10.0. The van der Waals surface area contributed by atoms with Crippen LogP contribution in [0.5, 0.6) is 0 Å². The Balaban J connectivity index is 2.87. The first-order valence-electron chi connectivity index (χ1n) is 7.63. The van der Waals surface area contributed by atoms with Crippen LogP contribution in [-0.4, -0.2) is 23.7 Å². The molecule has 0 heterocycles. The number of aliphatic hydroxyl groups is 1. The molecule has 2 N–H and O–H groups in total. The van der Waals surface area contributed by atoms with Crippen molar-refractivity contribution in [1.29, 1.82) is 0 Å². The summed E-state index contributed by atoms with van der Waals surface area (Å²) < 4.78 is 0. The van der Waals surface area contributed by atoms with Crippen molar-refractivity contribution in [2.24, 2.45) is 0 Å². The van der Waals surface area contributed by atoms with Crippen LogP contribution < -0.4 is 5.32 Å². The lowest BCUT2D eigenvalue weighted by Crippen LogP contribution is -2.34. The third-order valence-corrected chi connectivity index (χ3v) is 3.27. The Morgan fingerprint density at radius 3 is 2.71 bits per heavy atom. The summed E-state index contributed by atoms with van der Waals surface area (Å²) in [6.45, 7) is 6.22. The Morgan fingerprint density at radius 1 is 1.33 bits per heavy atom. The fourth-order valence-corrected chi connectivity index (χ4v) is 2.20. The molecule has 3 nitrogen and oxygen atoms in total. The molecular formula is C18H25NO2. The van der Waals surface area contributed by atoms with Crippen LogP contribution >= 0.6 is 0 Å². The molecule has 1 amide bonds. The number of carbonyl (C=O) groups is 1. The number of aryl methyl sites for hydroxylation is 1. The Bertz CT molecular complexity index is 526. The Kier molecular flexibility index (Phi) is 7.56. The fraction of sp³-hybridized carbons (Fsp3) is 0.500. The zero-order chi connectivity index (χ0) is 15.7. The van der Waals surface area contributed by atoms with Crippen molar-refractivity contribution in [2.75, 3.05) is 6.61 Å². The minimum atomic E-state index is -0.0378. The van der Waals surface area contributed by atoms with Crippen molar-refractivity contribution in [3.8, 4) is 11.8 Å². The lowest BCUT2D eigenvalue weighted by molar-refractivity contribution is 0.0933. The highest BCUT2D eigenvalue weighted by molar-refractivity contribution is 5.95. The number of rotatable bonds is 6. The molecule has 1 aromatic rings. The first kappa shape index (κ1) is 17.3. The van der Waals surface area contributed by atoms with Crippen LogP contribution in [0, 0.1) is 18.8 Å². The Labute approximate surface area is 127 Å². The van der Waals surface area contributed by atoms with E-state index in [-0.39, 0.29) is 18.6 Å². The van der Waals surface area contributed by atoms with Crippen LogP contribution in [0.25, 0.3) is 0 Å². The lowest BCUT2D eigenvalue weighted by Gasteiger charge is -2.16. The summed E-state index contributed by atoms with van der Waals surface area (Å²) in [5.41, 5.74) is 2.48. The van der Waals surface area contributed by atoms with E-state index in [1.54, 1.807) is 0 Å². The van der Waals surface area contributed by atoms with Crippen molar-refractivity contribution < 1.29 is 9.90 Å². The number of benzene rings is 1. The highest BCUT2D eigenvalue weighted by Gasteiger charge is 2.12. The SMILES string of the molecule is CCCC(CC)NC(=O)c1cc(C)cc(C#CCCO)c1. The third-order valence-electron chi connectivity index (χ3n) is 3.27. The molecule has 3 heteroatoms. The van der Waals surface area contributed by atoms with Crippen molar-refractivity contribution in [1.82, 2.24) is 5.32 Å². The van der Waals surface area contributed by atoms with Gasteiger partial charge in [0.05, 0.1) is 6.61 Å². The summed E-state index contributed by atoms with van der Waals surface area (Å²) in [7, 11) is 0. The maximum Gasteiger partial charge on any atom is 0.251 e. The minimum absolute atomic E-state index is 0.0378. The maximum atomic E-state index is 12.3. The van der Waals surface area contributed by atoms with Gasteiger partial charge in [0.15, 0.2) is 0 Å². The normalized spacial score (nSPS) is 11.4. The van der Waals surface area contributed by atoms with Crippen LogP contribution in [0.4, 0.5) is 0 Å². The molecule has 0 saturated carbocycles. The average molecular weight is 287 g/mol. The van der Waals surface area contributed by atoms with Gasteiger partial charge >= 0.3 is 0 Å². The zero-order valence-electron chi connectivity index (χ0n) is 13.2. The second-order valence-electron chi connectivity index (χ2n) is 5.23. The average Bonchev–Trinajstić information content (AvgIpc) is 2.46. The van der Waals surface area contributed by atoms with Crippen molar-refractivity contribution >= 4 is 5.91 Å².